The van der Waals surface area contributed by atoms with Crippen LogP contribution < -0.4 is 15.5 Å². The number of halogens is 1. The number of hydrogen-bond donors (Lipinski definition) is 2. The fourth-order valence-corrected chi connectivity index (χ4v) is 4.18. The molecule has 5 nitrogen and oxygen atoms in total. The summed E-state index contributed by atoms with van der Waals surface area (Å²) in [6, 6.07) is 23.7. The highest BCUT2D eigenvalue weighted by Gasteiger charge is 2.24. The smallest absolute Gasteiger partial charge is 0.253 e. The van der Waals surface area contributed by atoms with Crippen LogP contribution in [0.2, 0.25) is 0 Å². The summed E-state index contributed by atoms with van der Waals surface area (Å²) in [5.74, 6) is -0.526. The molecule has 1 saturated heterocycles. The molecule has 1 heterocycles. The molecule has 33 heavy (non-hydrogen) atoms. The molecule has 0 saturated carbocycles. The van der Waals surface area contributed by atoms with Gasteiger partial charge in [-0.1, -0.05) is 60.7 Å². The zero-order valence-corrected chi connectivity index (χ0v) is 18.5. The van der Waals surface area contributed by atoms with Crippen LogP contribution in [0, 0.1) is 5.82 Å². The normalized spacial score (nSPS) is 14.0. The second-order valence-electron chi connectivity index (χ2n) is 8.28. The summed E-state index contributed by atoms with van der Waals surface area (Å²) >= 11 is 0. The molecular weight excluding hydrogens is 417 g/mol. The van der Waals surface area contributed by atoms with Crippen molar-refractivity contribution >= 4 is 17.5 Å². The van der Waals surface area contributed by atoms with Gasteiger partial charge in [-0.25, -0.2) is 4.39 Å². The van der Waals surface area contributed by atoms with Crippen molar-refractivity contribution < 1.29 is 14.0 Å². The van der Waals surface area contributed by atoms with Crippen LogP contribution in [-0.4, -0.2) is 30.9 Å². The number of hydrogen-bond acceptors (Lipinski definition) is 3. The number of nitrogens with one attached hydrogen (secondary N) is 2. The van der Waals surface area contributed by atoms with E-state index in [9.17, 15) is 14.0 Å². The molecule has 170 valence electrons. The zero-order valence-electron chi connectivity index (χ0n) is 18.5. The predicted molar refractivity (Wildman–Crippen MR) is 128 cm³/mol. The van der Waals surface area contributed by atoms with Crippen molar-refractivity contribution in [1.29, 1.82) is 0 Å². The molecule has 3 aromatic carbocycles. The van der Waals surface area contributed by atoms with Crippen LogP contribution in [0.15, 0.2) is 78.9 Å². The minimum Gasteiger partial charge on any atom is -0.371 e. The number of piperidine rings is 1. The molecule has 1 fully saturated rings. The highest BCUT2D eigenvalue weighted by molar-refractivity contribution is 5.99. The lowest BCUT2D eigenvalue weighted by molar-refractivity contribution is -0.121. The van der Waals surface area contributed by atoms with Crippen molar-refractivity contribution in [3.05, 3.63) is 101 Å². The Labute approximate surface area is 193 Å². The molecule has 3 aromatic rings. The Morgan fingerprint density at radius 2 is 1.55 bits per heavy atom. The van der Waals surface area contributed by atoms with Crippen molar-refractivity contribution in [2.45, 2.75) is 31.8 Å². The quantitative estimate of drug-likeness (QED) is 0.576. The SMILES string of the molecule is O=C(Cc1ccccc1)NC1CCN(c2ccccc2C(=O)NCc2ccccc2F)CC1. The number of para-hydroxylation sites is 1. The molecular formula is C27H28FN3O2. The van der Waals surface area contributed by atoms with E-state index in [0.717, 1.165) is 37.2 Å². The molecule has 0 aliphatic carbocycles. The third-order valence-corrected chi connectivity index (χ3v) is 5.95. The minimum absolute atomic E-state index is 0.0348. The van der Waals surface area contributed by atoms with Gasteiger partial charge in [-0.05, 0) is 36.6 Å². The first kappa shape index (κ1) is 22.5. The van der Waals surface area contributed by atoms with Crippen LogP contribution in [0.25, 0.3) is 0 Å². The zero-order chi connectivity index (χ0) is 23.0. The van der Waals surface area contributed by atoms with E-state index in [4.69, 9.17) is 0 Å². The van der Waals surface area contributed by atoms with Crippen molar-refractivity contribution in [3.8, 4) is 0 Å². The molecule has 0 radical (unpaired) electrons. The van der Waals surface area contributed by atoms with Crippen molar-refractivity contribution in [1.82, 2.24) is 10.6 Å². The summed E-state index contributed by atoms with van der Waals surface area (Å²) in [4.78, 5) is 27.4. The summed E-state index contributed by atoms with van der Waals surface area (Å²) in [6.07, 6.45) is 2.00. The molecule has 0 spiro atoms. The maximum absolute atomic E-state index is 13.9. The van der Waals surface area contributed by atoms with E-state index in [0.29, 0.717) is 17.5 Å². The van der Waals surface area contributed by atoms with Crippen LogP contribution >= 0.6 is 0 Å². The largest absolute Gasteiger partial charge is 0.371 e. The number of amides is 2. The van der Waals surface area contributed by atoms with E-state index in [2.05, 4.69) is 15.5 Å². The highest BCUT2D eigenvalue weighted by Crippen LogP contribution is 2.24. The summed E-state index contributed by atoms with van der Waals surface area (Å²) in [5.41, 5.74) is 2.89. The number of nitrogens with zero attached hydrogens (tertiary/aromatic N) is 1. The summed E-state index contributed by atoms with van der Waals surface area (Å²) in [7, 11) is 0. The average Bonchev–Trinajstić information content (AvgIpc) is 2.84. The lowest BCUT2D eigenvalue weighted by Crippen LogP contribution is -2.45. The molecule has 6 heteroatoms. The molecule has 1 aliphatic heterocycles. The van der Waals surface area contributed by atoms with Crippen LogP contribution in [0.5, 0.6) is 0 Å². The van der Waals surface area contributed by atoms with Gasteiger partial charge in [0.2, 0.25) is 5.91 Å². The molecule has 1 aliphatic rings. The summed E-state index contributed by atoms with van der Waals surface area (Å²) in [6.45, 7) is 1.62. The number of anilines is 1. The van der Waals surface area contributed by atoms with Crippen molar-refractivity contribution in [2.75, 3.05) is 18.0 Å². The second-order valence-corrected chi connectivity index (χ2v) is 8.28. The standard InChI is InChI=1S/C27H28FN3O2/c28-24-12-6-4-10-21(24)19-29-27(33)23-11-5-7-13-25(23)31-16-14-22(15-17-31)30-26(32)18-20-8-2-1-3-9-20/h1-13,22H,14-19H2,(H,29,33)(H,30,32). The first-order valence-corrected chi connectivity index (χ1v) is 11.3. The lowest BCUT2D eigenvalue weighted by Gasteiger charge is -2.35. The molecule has 4 rings (SSSR count). The Hall–Kier alpha value is -3.67. The van der Waals surface area contributed by atoms with Gasteiger partial charge in [0, 0.05) is 36.9 Å². The Kier molecular flexibility index (Phi) is 7.35. The van der Waals surface area contributed by atoms with Gasteiger partial charge in [-0.2, -0.15) is 0 Å². The van der Waals surface area contributed by atoms with Gasteiger partial charge in [0.1, 0.15) is 5.82 Å². The van der Waals surface area contributed by atoms with Gasteiger partial charge in [-0.15, -0.1) is 0 Å². The van der Waals surface area contributed by atoms with Gasteiger partial charge < -0.3 is 15.5 Å². The van der Waals surface area contributed by atoms with Crippen LogP contribution in [0.4, 0.5) is 10.1 Å². The van der Waals surface area contributed by atoms with E-state index in [1.165, 1.54) is 6.07 Å². The summed E-state index contributed by atoms with van der Waals surface area (Å²) in [5, 5.41) is 5.97. The molecule has 2 N–H and O–H groups in total. The van der Waals surface area contributed by atoms with Crippen molar-refractivity contribution in [3.63, 3.8) is 0 Å². The third kappa shape index (κ3) is 5.98. The number of rotatable bonds is 7. The highest BCUT2D eigenvalue weighted by atomic mass is 19.1. The average molecular weight is 446 g/mol. The number of benzene rings is 3. The van der Waals surface area contributed by atoms with Crippen LogP contribution in [0.3, 0.4) is 0 Å². The van der Waals surface area contributed by atoms with Gasteiger partial charge in [0.15, 0.2) is 0 Å². The van der Waals surface area contributed by atoms with Gasteiger partial charge in [0.05, 0.1) is 12.0 Å². The van der Waals surface area contributed by atoms with Gasteiger partial charge in [-0.3, -0.25) is 9.59 Å². The topological polar surface area (TPSA) is 61.4 Å². The molecule has 0 bridgehead atoms. The fraction of sp³-hybridized carbons (Fsp3) is 0.259. The van der Waals surface area contributed by atoms with Crippen LogP contribution in [-0.2, 0) is 17.8 Å². The first-order valence-electron chi connectivity index (χ1n) is 11.3. The molecule has 0 atom stereocenters. The Morgan fingerprint density at radius 3 is 2.30 bits per heavy atom. The molecule has 2 amide bonds. The van der Waals surface area contributed by atoms with E-state index in [1.807, 2.05) is 48.5 Å². The van der Waals surface area contributed by atoms with E-state index < -0.39 is 0 Å². The third-order valence-electron chi connectivity index (χ3n) is 5.95. The minimum atomic E-state index is -0.331. The van der Waals surface area contributed by atoms with E-state index in [-0.39, 0.29) is 30.2 Å². The Bertz CT molecular complexity index is 1100. The Balaban J connectivity index is 1.32. The van der Waals surface area contributed by atoms with Crippen LogP contribution in [0.1, 0.15) is 34.3 Å². The first-order chi connectivity index (χ1) is 16.1. The molecule has 0 aromatic heterocycles. The monoisotopic (exact) mass is 445 g/mol. The summed E-state index contributed by atoms with van der Waals surface area (Å²) < 4.78 is 13.9. The number of carbonyl (C=O) groups is 2. The maximum atomic E-state index is 13.9. The predicted octanol–water partition coefficient (Wildman–Crippen LogP) is 4.08. The van der Waals surface area contributed by atoms with Gasteiger partial charge >= 0.3 is 0 Å². The fourth-order valence-electron chi connectivity index (χ4n) is 4.18. The van der Waals surface area contributed by atoms with E-state index >= 15 is 0 Å². The van der Waals surface area contributed by atoms with E-state index in [1.54, 1.807) is 24.3 Å². The van der Waals surface area contributed by atoms with Gasteiger partial charge in [0.25, 0.3) is 5.91 Å². The van der Waals surface area contributed by atoms with Crippen molar-refractivity contribution in [2.24, 2.45) is 0 Å². The lowest BCUT2D eigenvalue weighted by atomic mass is 10.0. The Morgan fingerprint density at radius 1 is 0.879 bits per heavy atom. The molecule has 0 unspecified atom stereocenters. The number of carbonyl (C=O) groups excluding carboxylic acids is 2. The maximum Gasteiger partial charge on any atom is 0.253 e. The second kappa shape index (κ2) is 10.8.